The minimum absolute atomic E-state index is 0.0156. The molecule has 3 aromatic rings. The first-order valence-electron chi connectivity index (χ1n) is 12.7. The van der Waals surface area contributed by atoms with E-state index in [1.165, 1.54) is 6.07 Å². The van der Waals surface area contributed by atoms with Crippen molar-refractivity contribution in [3.63, 3.8) is 0 Å². The maximum absolute atomic E-state index is 14.9. The topological polar surface area (TPSA) is 69.7 Å². The summed E-state index contributed by atoms with van der Waals surface area (Å²) >= 11 is 0. The van der Waals surface area contributed by atoms with Crippen molar-refractivity contribution in [2.24, 2.45) is 0 Å². The van der Waals surface area contributed by atoms with Crippen molar-refractivity contribution < 1.29 is 13.5 Å². The van der Waals surface area contributed by atoms with Gasteiger partial charge in [-0.05, 0) is 65.0 Å². The summed E-state index contributed by atoms with van der Waals surface area (Å²) in [5.41, 5.74) is 1.62. The fourth-order valence-electron chi connectivity index (χ4n) is 4.99. The number of hydrogen-bond acceptors (Lipinski definition) is 8. The zero-order valence-electron chi connectivity index (χ0n) is 21.7. The number of ether oxygens (including phenoxy) is 1. The molecule has 4 heterocycles. The Morgan fingerprint density at radius 3 is 2.49 bits per heavy atom. The number of benzene rings is 1. The molecule has 1 saturated heterocycles. The highest BCUT2D eigenvalue weighted by Gasteiger charge is 2.26. The Morgan fingerprint density at radius 2 is 1.81 bits per heavy atom. The van der Waals surface area contributed by atoms with Gasteiger partial charge in [0.05, 0.1) is 30.3 Å². The molecule has 1 N–H and O–H groups in total. The molecule has 1 fully saturated rings. The lowest BCUT2D eigenvalue weighted by molar-refractivity contribution is 0.249. The van der Waals surface area contributed by atoms with Gasteiger partial charge in [-0.2, -0.15) is 0 Å². The SMILES string of the molecule is CC(C)N1CCOc2c(F)cc(-c3nc(Nc4ccc(N5CCC(N(C)C)CC5)nc4)ncc3F)cc21. The van der Waals surface area contributed by atoms with E-state index >= 15 is 0 Å². The van der Waals surface area contributed by atoms with Crippen molar-refractivity contribution in [2.75, 3.05) is 55.5 Å². The number of fused-ring (bicyclic) bond motifs is 1. The number of halogens is 2. The van der Waals surface area contributed by atoms with Gasteiger partial charge < -0.3 is 24.8 Å². The third-order valence-corrected chi connectivity index (χ3v) is 7.08. The van der Waals surface area contributed by atoms with Gasteiger partial charge >= 0.3 is 0 Å². The maximum Gasteiger partial charge on any atom is 0.227 e. The van der Waals surface area contributed by atoms with Crippen molar-refractivity contribution in [3.8, 4) is 17.0 Å². The molecule has 8 nitrogen and oxygen atoms in total. The van der Waals surface area contributed by atoms with Crippen LogP contribution >= 0.6 is 0 Å². The molecular weight excluding hydrogens is 476 g/mol. The molecule has 196 valence electrons. The van der Waals surface area contributed by atoms with Gasteiger partial charge in [-0.15, -0.1) is 0 Å². The summed E-state index contributed by atoms with van der Waals surface area (Å²) in [6.45, 7) is 7.01. The van der Waals surface area contributed by atoms with E-state index in [2.05, 4.69) is 44.2 Å². The number of piperidine rings is 1. The summed E-state index contributed by atoms with van der Waals surface area (Å²) in [7, 11) is 4.25. The number of nitrogens with one attached hydrogen (secondary N) is 1. The molecule has 0 radical (unpaired) electrons. The molecule has 5 rings (SSSR count). The van der Waals surface area contributed by atoms with E-state index in [1.807, 2.05) is 30.9 Å². The van der Waals surface area contributed by atoms with E-state index in [-0.39, 0.29) is 23.4 Å². The summed E-state index contributed by atoms with van der Waals surface area (Å²) in [4.78, 5) is 19.7. The standard InChI is InChI=1S/C27H33F2N7O/c1-17(2)36-11-12-37-26-21(28)13-18(14-23(26)36)25-22(29)16-31-27(33-25)32-19-5-6-24(30-15-19)35-9-7-20(8-10-35)34(3)4/h5-6,13-17,20H,7-12H2,1-4H3,(H,31,32,33). The van der Waals surface area contributed by atoms with E-state index in [0.717, 1.165) is 37.9 Å². The zero-order valence-corrected chi connectivity index (χ0v) is 21.7. The smallest absolute Gasteiger partial charge is 0.227 e. The lowest BCUT2D eigenvalue weighted by Gasteiger charge is -2.35. The summed E-state index contributed by atoms with van der Waals surface area (Å²) < 4.78 is 35.3. The molecule has 0 aliphatic carbocycles. The van der Waals surface area contributed by atoms with Crippen LogP contribution in [0.5, 0.6) is 5.75 Å². The Balaban J connectivity index is 1.35. The van der Waals surface area contributed by atoms with E-state index < -0.39 is 11.6 Å². The van der Waals surface area contributed by atoms with E-state index in [9.17, 15) is 8.78 Å². The maximum atomic E-state index is 14.9. The monoisotopic (exact) mass is 509 g/mol. The van der Waals surface area contributed by atoms with E-state index in [0.29, 0.717) is 36.1 Å². The Hall–Kier alpha value is -3.53. The first-order valence-corrected chi connectivity index (χ1v) is 12.7. The number of nitrogens with zero attached hydrogens (tertiary/aromatic N) is 6. The molecule has 0 saturated carbocycles. The second-order valence-corrected chi connectivity index (χ2v) is 10.0. The van der Waals surface area contributed by atoms with Crippen molar-refractivity contribution >= 4 is 23.1 Å². The lowest BCUT2D eigenvalue weighted by atomic mass is 10.0. The minimum Gasteiger partial charge on any atom is -0.486 e. The summed E-state index contributed by atoms with van der Waals surface area (Å²) in [5.74, 6) is 0.137. The quantitative estimate of drug-likeness (QED) is 0.513. The Labute approximate surface area is 216 Å². The first kappa shape index (κ1) is 25.1. The van der Waals surface area contributed by atoms with E-state index in [1.54, 1.807) is 12.3 Å². The highest BCUT2D eigenvalue weighted by Crippen LogP contribution is 2.39. The largest absolute Gasteiger partial charge is 0.486 e. The summed E-state index contributed by atoms with van der Waals surface area (Å²) in [6.07, 6.45) is 5.02. The molecule has 2 aromatic heterocycles. The highest BCUT2D eigenvalue weighted by molar-refractivity contribution is 5.73. The Bertz CT molecular complexity index is 1240. The molecule has 0 unspecified atom stereocenters. The minimum atomic E-state index is -0.632. The molecule has 10 heteroatoms. The second kappa shape index (κ2) is 10.5. The molecular formula is C27H33F2N7O. The van der Waals surface area contributed by atoms with Gasteiger partial charge in [0.2, 0.25) is 5.95 Å². The first-order chi connectivity index (χ1) is 17.8. The van der Waals surface area contributed by atoms with Crippen molar-refractivity contribution in [3.05, 3.63) is 48.3 Å². The summed E-state index contributed by atoms with van der Waals surface area (Å²) in [6, 6.07) is 7.59. The second-order valence-electron chi connectivity index (χ2n) is 10.0. The van der Waals surface area contributed by atoms with Crippen LogP contribution in [0, 0.1) is 11.6 Å². The van der Waals surface area contributed by atoms with E-state index in [4.69, 9.17) is 4.74 Å². The molecule has 1 aromatic carbocycles. The van der Waals surface area contributed by atoms with Gasteiger partial charge in [0.25, 0.3) is 0 Å². The molecule has 0 atom stereocenters. The lowest BCUT2D eigenvalue weighted by Crippen LogP contribution is -2.42. The predicted octanol–water partition coefficient (Wildman–Crippen LogP) is 4.70. The summed E-state index contributed by atoms with van der Waals surface area (Å²) in [5, 5.41) is 3.09. The van der Waals surface area contributed by atoms with Gasteiger partial charge in [-0.25, -0.2) is 23.7 Å². The number of anilines is 4. The fourth-order valence-corrected chi connectivity index (χ4v) is 4.99. The molecule has 2 aliphatic heterocycles. The average Bonchev–Trinajstić information content (AvgIpc) is 2.90. The fraction of sp³-hybridized carbons (Fsp3) is 0.444. The van der Waals surface area contributed by atoms with Crippen LogP contribution in [0.4, 0.5) is 31.9 Å². The van der Waals surface area contributed by atoms with Gasteiger partial charge in [0.1, 0.15) is 18.1 Å². The average molecular weight is 510 g/mol. The van der Waals surface area contributed by atoms with Crippen molar-refractivity contribution in [1.82, 2.24) is 19.9 Å². The Morgan fingerprint density at radius 1 is 1.03 bits per heavy atom. The van der Waals surface area contributed by atoms with Crippen LogP contribution in [-0.4, -0.2) is 72.3 Å². The molecule has 0 bridgehead atoms. The van der Waals surface area contributed by atoms with Gasteiger partial charge in [0, 0.05) is 30.7 Å². The highest BCUT2D eigenvalue weighted by atomic mass is 19.1. The van der Waals surface area contributed by atoms with Crippen LogP contribution in [0.3, 0.4) is 0 Å². The van der Waals surface area contributed by atoms with Crippen LogP contribution in [-0.2, 0) is 0 Å². The van der Waals surface area contributed by atoms with Gasteiger partial charge in [-0.3, -0.25) is 0 Å². The third-order valence-electron chi connectivity index (χ3n) is 7.08. The normalized spacial score (nSPS) is 16.2. The molecule has 37 heavy (non-hydrogen) atoms. The van der Waals surface area contributed by atoms with Crippen LogP contribution < -0.4 is 19.9 Å². The zero-order chi connectivity index (χ0) is 26.1. The number of pyridine rings is 1. The van der Waals surface area contributed by atoms with Crippen LogP contribution in [0.25, 0.3) is 11.3 Å². The number of rotatable bonds is 6. The van der Waals surface area contributed by atoms with Gasteiger partial charge in [0.15, 0.2) is 17.4 Å². The van der Waals surface area contributed by atoms with Crippen molar-refractivity contribution in [2.45, 2.75) is 38.8 Å². The Kier molecular flexibility index (Phi) is 7.10. The molecule has 2 aliphatic rings. The predicted molar refractivity (Wildman–Crippen MR) is 142 cm³/mol. The van der Waals surface area contributed by atoms with Crippen LogP contribution in [0.15, 0.2) is 36.7 Å². The molecule has 0 amide bonds. The third kappa shape index (κ3) is 5.29. The van der Waals surface area contributed by atoms with Crippen LogP contribution in [0.1, 0.15) is 26.7 Å². The number of hydrogen-bond donors (Lipinski definition) is 1. The van der Waals surface area contributed by atoms with Gasteiger partial charge in [-0.1, -0.05) is 0 Å². The van der Waals surface area contributed by atoms with Crippen molar-refractivity contribution in [1.29, 1.82) is 0 Å². The molecule has 0 spiro atoms. The number of aromatic nitrogens is 3. The van der Waals surface area contributed by atoms with Crippen LogP contribution in [0.2, 0.25) is 0 Å².